The summed E-state index contributed by atoms with van der Waals surface area (Å²) in [7, 11) is 0. The zero-order valence-electron chi connectivity index (χ0n) is 5.02. The van der Waals surface area contributed by atoms with Crippen molar-refractivity contribution >= 4 is 18.0 Å². The van der Waals surface area contributed by atoms with Gasteiger partial charge < -0.3 is 0 Å². The molecule has 0 fully saturated rings. The predicted octanol–water partition coefficient (Wildman–Crippen LogP) is 1.84. The summed E-state index contributed by atoms with van der Waals surface area (Å²) < 4.78 is 0. The van der Waals surface area contributed by atoms with Crippen molar-refractivity contribution in [1.29, 1.82) is 0 Å². The Balaban J connectivity index is 3.11. The predicted molar refractivity (Wildman–Crippen MR) is 38.0 cm³/mol. The van der Waals surface area contributed by atoms with Crippen molar-refractivity contribution in [2.45, 2.75) is 13.3 Å². The minimum absolute atomic E-state index is 0.631. The van der Waals surface area contributed by atoms with Gasteiger partial charge in [-0.1, -0.05) is 13.5 Å². The van der Waals surface area contributed by atoms with Crippen LogP contribution in [0.15, 0.2) is 11.5 Å². The Morgan fingerprint density at radius 1 is 1.88 bits per heavy atom. The van der Waals surface area contributed by atoms with E-state index in [1.54, 1.807) is 0 Å². The molecule has 0 saturated carbocycles. The fourth-order valence-corrected chi connectivity index (χ4v) is 0.802. The number of aldehydes is 1. The van der Waals surface area contributed by atoms with E-state index in [9.17, 15) is 4.79 Å². The van der Waals surface area contributed by atoms with E-state index in [0.29, 0.717) is 4.91 Å². The summed E-state index contributed by atoms with van der Waals surface area (Å²) in [6, 6.07) is 0. The highest BCUT2D eigenvalue weighted by Gasteiger charge is 1.87. The molecular formula is C6H10OS. The van der Waals surface area contributed by atoms with Gasteiger partial charge >= 0.3 is 0 Å². The number of rotatable bonds is 4. The lowest BCUT2D eigenvalue weighted by Crippen LogP contribution is -1.77. The van der Waals surface area contributed by atoms with Crippen LogP contribution in [0.4, 0.5) is 0 Å². The van der Waals surface area contributed by atoms with Crippen LogP contribution in [0, 0.1) is 0 Å². The van der Waals surface area contributed by atoms with Crippen LogP contribution in [-0.4, -0.2) is 12.0 Å². The maximum atomic E-state index is 9.89. The molecule has 0 rings (SSSR count). The van der Waals surface area contributed by atoms with Crippen LogP contribution in [0.3, 0.4) is 0 Å². The molecule has 1 nitrogen and oxygen atoms in total. The quantitative estimate of drug-likeness (QED) is 0.426. The number of carbonyl (C=O) groups excluding carboxylic acids is 1. The Bertz CT molecular complexity index is 88.5. The van der Waals surface area contributed by atoms with Gasteiger partial charge in [0.25, 0.3) is 0 Å². The molecule has 0 aromatic carbocycles. The fraction of sp³-hybridized carbons (Fsp3) is 0.500. The highest BCUT2D eigenvalue weighted by Crippen LogP contribution is 2.10. The molecule has 0 atom stereocenters. The molecule has 0 aliphatic heterocycles. The number of carbonyl (C=O) groups is 1. The van der Waals surface area contributed by atoms with Crippen LogP contribution >= 0.6 is 11.8 Å². The monoisotopic (exact) mass is 130 g/mol. The van der Waals surface area contributed by atoms with Gasteiger partial charge in [0, 0.05) is 4.91 Å². The molecule has 0 N–H and O–H groups in total. The van der Waals surface area contributed by atoms with Crippen molar-refractivity contribution < 1.29 is 4.79 Å². The van der Waals surface area contributed by atoms with E-state index >= 15 is 0 Å². The standard InChI is InChI=1S/C6H10OS/c1-3-4-8-6(2)5-7/h5H,2-4H2,1H3. The third kappa shape index (κ3) is 3.93. The molecular weight excluding hydrogens is 120 g/mol. The molecule has 0 aliphatic carbocycles. The summed E-state index contributed by atoms with van der Waals surface area (Å²) in [6.07, 6.45) is 1.89. The summed E-state index contributed by atoms with van der Waals surface area (Å²) in [5.74, 6) is 0.998. The molecule has 0 unspecified atom stereocenters. The molecule has 0 heterocycles. The first-order valence-corrected chi connectivity index (χ1v) is 3.56. The Hall–Kier alpha value is -0.240. The minimum Gasteiger partial charge on any atom is -0.297 e. The van der Waals surface area contributed by atoms with E-state index in [0.717, 1.165) is 18.5 Å². The second-order valence-electron chi connectivity index (χ2n) is 1.43. The van der Waals surface area contributed by atoms with Crippen molar-refractivity contribution in [1.82, 2.24) is 0 Å². The summed E-state index contributed by atoms with van der Waals surface area (Å²) in [4.78, 5) is 10.5. The first-order chi connectivity index (χ1) is 3.81. The second-order valence-corrected chi connectivity index (χ2v) is 2.65. The van der Waals surface area contributed by atoms with Crippen LogP contribution in [-0.2, 0) is 4.79 Å². The summed E-state index contributed by atoms with van der Waals surface area (Å²) in [5, 5.41) is 0. The molecule has 0 saturated heterocycles. The van der Waals surface area contributed by atoms with Crippen molar-refractivity contribution in [2.24, 2.45) is 0 Å². The molecule has 0 aromatic heterocycles. The number of hydrogen-bond acceptors (Lipinski definition) is 2. The first-order valence-electron chi connectivity index (χ1n) is 2.58. The third-order valence-electron chi connectivity index (χ3n) is 0.623. The van der Waals surface area contributed by atoms with E-state index in [1.165, 1.54) is 11.8 Å². The Kier molecular flexibility index (Phi) is 4.76. The molecule has 0 aliphatic rings. The lowest BCUT2D eigenvalue weighted by molar-refractivity contribution is -0.104. The maximum Gasteiger partial charge on any atom is 0.155 e. The van der Waals surface area contributed by atoms with Gasteiger partial charge in [0.2, 0.25) is 0 Å². The molecule has 0 radical (unpaired) electrons. The van der Waals surface area contributed by atoms with Gasteiger partial charge in [0.1, 0.15) is 0 Å². The highest BCUT2D eigenvalue weighted by atomic mass is 32.2. The zero-order chi connectivity index (χ0) is 6.41. The molecule has 0 spiro atoms. The van der Waals surface area contributed by atoms with E-state index in [2.05, 4.69) is 13.5 Å². The van der Waals surface area contributed by atoms with Crippen molar-refractivity contribution in [2.75, 3.05) is 5.75 Å². The van der Waals surface area contributed by atoms with Crippen molar-refractivity contribution in [3.8, 4) is 0 Å². The van der Waals surface area contributed by atoms with Crippen LogP contribution < -0.4 is 0 Å². The smallest absolute Gasteiger partial charge is 0.155 e. The zero-order valence-corrected chi connectivity index (χ0v) is 5.83. The lowest BCUT2D eigenvalue weighted by Gasteiger charge is -1.91. The summed E-state index contributed by atoms with van der Waals surface area (Å²) >= 11 is 1.51. The molecule has 8 heavy (non-hydrogen) atoms. The minimum atomic E-state index is 0.631. The van der Waals surface area contributed by atoms with Gasteiger partial charge in [-0.25, -0.2) is 0 Å². The highest BCUT2D eigenvalue weighted by molar-refractivity contribution is 8.03. The van der Waals surface area contributed by atoms with E-state index in [4.69, 9.17) is 0 Å². The SMILES string of the molecule is C=C(C=O)SCCC. The van der Waals surface area contributed by atoms with Gasteiger partial charge in [0.05, 0.1) is 0 Å². The average Bonchev–Trinajstić information content (AvgIpc) is 1.83. The number of thioether (sulfide) groups is 1. The second kappa shape index (κ2) is 4.91. The number of allylic oxidation sites excluding steroid dienone is 1. The van der Waals surface area contributed by atoms with E-state index in [1.807, 2.05) is 0 Å². The normalized spacial score (nSPS) is 8.62. The van der Waals surface area contributed by atoms with Crippen LogP contribution in [0.2, 0.25) is 0 Å². The summed E-state index contributed by atoms with van der Waals surface area (Å²) in [5.41, 5.74) is 0. The fourth-order valence-electron chi connectivity index (χ4n) is 0.267. The lowest BCUT2D eigenvalue weighted by atomic mass is 10.6. The van der Waals surface area contributed by atoms with Gasteiger partial charge in [-0.15, -0.1) is 11.8 Å². The maximum absolute atomic E-state index is 9.89. The van der Waals surface area contributed by atoms with Gasteiger partial charge in [-0.05, 0) is 12.2 Å². The molecule has 0 aromatic rings. The average molecular weight is 130 g/mol. The third-order valence-corrected chi connectivity index (χ3v) is 1.70. The molecule has 0 amide bonds. The Labute approximate surface area is 54.2 Å². The molecule has 46 valence electrons. The molecule has 0 bridgehead atoms. The van der Waals surface area contributed by atoms with Crippen LogP contribution in [0.1, 0.15) is 13.3 Å². The number of hydrogen-bond donors (Lipinski definition) is 0. The van der Waals surface area contributed by atoms with Crippen LogP contribution in [0.25, 0.3) is 0 Å². The van der Waals surface area contributed by atoms with Gasteiger partial charge in [-0.3, -0.25) is 4.79 Å². The largest absolute Gasteiger partial charge is 0.297 e. The van der Waals surface area contributed by atoms with E-state index in [-0.39, 0.29) is 0 Å². The first kappa shape index (κ1) is 7.76. The van der Waals surface area contributed by atoms with Gasteiger partial charge in [0.15, 0.2) is 6.29 Å². The topological polar surface area (TPSA) is 17.1 Å². The summed E-state index contributed by atoms with van der Waals surface area (Å²) in [6.45, 7) is 5.58. The van der Waals surface area contributed by atoms with Crippen molar-refractivity contribution in [3.05, 3.63) is 11.5 Å². The Morgan fingerprint density at radius 2 is 2.50 bits per heavy atom. The Morgan fingerprint density at radius 3 is 2.88 bits per heavy atom. The van der Waals surface area contributed by atoms with Gasteiger partial charge in [-0.2, -0.15) is 0 Å². The van der Waals surface area contributed by atoms with Crippen LogP contribution in [0.5, 0.6) is 0 Å². The molecule has 2 heteroatoms. The van der Waals surface area contributed by atoms with E-state index < -0.39 is 0 Å². The van der Waals surface area contributed by atoms with Crippen molar-refractivity contribution in [3.63, 3.8) is 0 Å².